The molecule has 1 aromatic rings. The van der Waals surface area contributed by atoms with Gasteiger partial charge in [0.05, 0.1) is 17.2 Å². The van der Waals surface area contributed by atoms with Crippen molar-refractivity contribution in [3.05, 3.63) is 65.5 Å². The van der Waals surface area contributed by atoms with Gasteiger partial charge in [0, 0.05) is 24.4 Å². The Labute approximate surface area is 163 Å². The molecule has 3 rings (SSSR count). The van der Waals surface area contributed by atoms with E-state index in [1.54, 1.807) is 43.5 Å². The molecule has 0 spiro atoms. The molecular formula is C20H21NO6S. The van der Waals surface area contributed by atoms with Gasteiger partial charge in [-0.3, -0.25) is 9.59 Å². The summed E-state index contributed by atoms with van der Waals surface area (Å²) in [4.78, 5) is 27.0. The molecule has 2 unspecified atom stereocenters. The normalized spacial score (nSPS) is 21.7. The Morgan fingerprint density at radius 3 is 2.50 bits per heavy atom. The molecule has 0 saturated carbocycles. The van der Waals surface area contributed by atoms with Gasteiger partial charge >= 0.3 is 5.97 Å². The van der Waals surface area contributed by atoms with Crippen molar-refractivity contribution in [3.63, 3.8) is 0 Å². The lowest BCUT2D eigenvalue weighted by atomic mass is 9.85. The van der Waals surface area contributed by atoms with Crippen LogP contribution in [0.4, 0.5) is 0 Å². The second-order valence-corrected chi connectivity index (χ2v) is 8.59. The monoisotopic (exact) mass is 403 g/mol. The van der Waals surface area contributed by atoms with Gasteiger partial charge in [0.25, 0.3) is 0 Å². The predicted octanol–water partition coefficient (Wildman–Crippen LogP) is 1.35. The molecule has 7 nitrogen and oxygen atoms in total. The van der Waals surface area contributed by atoms with Crippen LogP contribution in [-0.2, 0) is 30.6 Å². The zero-order valence-corrected chi connectivity index (χ0v) is 16.3. The average Bonchev–Trinajstić information content (AvgIpc) is 2.65. The Hall–Kier alpha value is -2.71. The average molecular weight is 403 g/mol. The van der Waals surface area contributed by atoms with Crippen molar-refractivity contribution in [2.24, 2.45) is 5.92 Å². The minimum Gasteiger partial charge on any atom is -0.465 e. The molecular weight excluding hydrogens is 382 g/mol. The van der Waals surface area contributed by atoms with Crippen molar-refractivity contribution in [3.8, 4) is 0 Å². The summed E-state index contributed by atoms with van der Waals surface area (Å²) in [6.45, 7) is 1.73. The number of fused-ring (bicyclic) bond motifs is 1. The second kappa shape index (κ2) is 7.73. The Morgan fingerprint density at radius 2 is 1.89 bits per heavy atom. The number of carbonyl (C=O) groups excluding carboxylic acids is 2. The Morgan fingerprint density at radius 1 is 1.21 bits per heavy atom. The standard InChI is InChI=1S/C20H21NO6S/c1-3-27-20(24)17-18(22)15(16-6-4-5-11-21(16)19(17)23)12-13-7-9-14(10-8-13)28(2,25)26/h4-11,17,19,23H,3,12H2,1-2H3. The molecule has 0 bridgehead atoms. The number of carbonyl (C=O) groups is 2. The second-order valence-electron chi connectivity index (χ2n) is 6.57. The highest BCUT2D eigenvalue weighted by Crippen LogP contribution is 2.33. The summed E-state index contributed by atoms with van der Waals surface area (Å²) in [5, 5.41) is 10.6. The Kier molecular flexibility index (Phi) is 5.53. The van der Waals surface area contributed by atoms with Crippen LogP contribution in [0.1, 0.15) is 12.5 Å². The fraction of sp³-hybridized carbons (Fsp3) is 0.300. The number of nitrogens with zero attached hydrogens (tertiary/aromatic N) is 1. The Balaban J connectivity index is 1.99. The van der Waals surface area contributed by atoms with E-state index >= 15 is 0 Å². The predicted molar refractivity (Wildman–Crippen MR) is 102 cm³/mol. The van der Waals surface area contributed by atoms with Crippen LogP contribution < -0.4 is 0 Å². The van der Waals surface area contributed by atoms with E-state index < -0.39 is 33.7 Å². The van der Waals surface area contributed by atoms with Crippen molar-refractivity contribution in [2.45, 2.75) is 24.5 Å². The maximum absolute atomic E-state index is 13.0. The van der Waals surface area contributed by atoms with Gasteiger partial charge in [0.2, 0.25) is 0 Å². The number of ketones is 1. The number of sulfone groups is 1. The minimum atomic E-state index is -3.32. The molecule has 2 aliphatic rings. The van der Waals surface area contributed by atoms with Crippen molar-refractivity contribution in [1.29, 1.82) is 0 Å². The first-order chi connectivity index (χ1) is 13.2. The van der Waals surface area contributed by atoms with Gasteiger partial charge in [-0.05, 0) is 36.8 Å². The lowest BCUT2D eigenvalue weighted by Gasteiger charge is -2.38. The van der Waals surface area contributed by atoms with Gasteiger partial charge in [-0.2, -0.15) is 0 Å². The molecule has 0 fully saturated rings. The molecule has 1 aromatic carbocycles. The molecule has 0 amide bonds. The maximum atomic E-state index is 13.0. The number of hydrogen-bond acceptors (Lipinski definition) is 7. The van der Waals surface area contributed by atoms with E-state index in [1.807, 2.05) is 0 Å². The molecule has 1 N–H and O–H groups in total. The number of hydrogen-bond donors (Lipinski definition) is 1. The van der Waals surface area contributed by atoms with Crippen LogP contribution in [0.5, 0.6) is 0 Å². The number of benzene rings is 1. The maximum Gasteiger partial charge on any atom is 0.321 e. The first-order valence-electron chi connectivity index (χ1n) is 8.78. The number of esters is 1. The topological polar surface area (TPSA) is 101 Å². The van der Waals surface area contributed by atoms with Crippen LogP contribution >= 0.6 is 0 Å². The van der Waals surface area contributed by atoms with Crippen LogP contribution in [0.25, 0.3) is 0 Å². The third-order valence-corrected chi connectivity index (χ3v) is 5.76. The molecule has 0 aliphatic carbocycles. The van der Waals surface area contributed by atoms with E-state index in [2.05, 4.69) is 0 Å². The lowest BCUT2D eigenvalue weighted by molar-refractivity contribution is -0.160. The highest BCUT2D eigenvalue weighted by molar-refractivity contribution is 7.90. The first kappa shape index (κ1) is 20.0. The van der Waals surface area contributed by atoms with Gasteiger partial charge in [-0.1, -0.05) is 18.2 Å². The van der Waals surface area contributed by atoms with E-state index in [0.29, 0.717) is 16.8 Å². The van der Waals surface area contributed by atoms with Gasteiger partial charge in [-0.15, -0.1) is 0 Å². The number of ether oxygens (including phenoxy) is 1. The summed E-state index contributed by atoms with van der Waals surface area (Å²) in [5.41, 5.74) is 1.58. The molecule has 28 heavy (non-hydrogen) atoms. The first-order valence-corrected chi connectivity index (χ1v) is 10.7. The lowest BCUT2D eigenvalue weighted by Crippen LogP contribution is -2.50. The van der Waals surface area contributed by atoms with E-state index in [1.165, 1.54) is 17.0 Å². The summed E-state index contributed by atoms with van der Waals surface area (Å²) < 4.78 is 28.2. The summed E-state index contributed by atoms with van der Waals surface area (Å²) in [6.07, 6.45) is 6.70. The molecule has 2 aliphatic heterocycles. The summed E-state index contributed by atoms with van der Waals surface area (Å²) in [7, 11) is -3.32. The SMILES string of the molecule is CCOC(=O)C1C(=O)C(Cc2ccc(S(C)(=O)=O)cc2)=C2C=CC=CN2C1O. The highest BCUT2D eigenvalue weighted by Gasteiger charge is 2.45. The number of Topliss-reactive ketones (excluding diaryl/α,β-unsaturated/α-hetero) is 1. The fourth-order valence-corrected chi connectivity index (χ4v) is 3.88. The van der Waals surface area contributed by atoms with E-state index in [4.69, 9.17) is 4.74 Å². The smallest absolute Gasteiger partial charge is 0.321 e. The van der Waals surface area contributed by atoms with E-state index in [0.717, 1.165) is 6.26 Å². The number of aliphatic hydroxyl groups is 1. The van der Waals surface area contributed by atoms with Gasteiger partial charge in [0.1, 0.15) is 0 Å². The molecule has 0 saturated heterocycles. The van der Waals surface area contributed by atoms with Crippen LogP contribution in [0.3, 0.4) is 0 Å². The minimum absolute atomic E-state index is 0.101. The summed E-state index contributed by atoms with van der Waals surface area (Å²) >= 11 is 0. The Bertz CT molecular complexity index is 988. The van der Waals surface area contributed by atoms with Crippen molar-refractivity contribution in [2.75, 3.05) is 12.9 Å². The van der Waals surface area contributed by atoms with Crippen molar-refractivity contribution < 1.29 is 27.9 Å². The highest BCUT2D eigenvalue weighted by atomic mass is 32.2. The largest absolute Gasteiger partial charge is 0.465 e. The third-order valence-electron chi connectivity index (χ3n) is 4.64. The van der Waals surface area contributed by atoms with Crippen LogP contribution in [0.15, 0.2) is 64.9 Å². The van der Waals surface area contributed by atoms with Crippen LogP contribution in [0.2, 0.25) is 0 Å². The van der Waals surface area contributed by atoms with Gasteiger partial charge in [-0.25, -0.2) is 8.42 Å². The van der Waals surface area contributed by atoms with Crippen LogP contribution in [-0.4, -0.2) is 49.3 Å². The number of aliphatic hydroxyl groups excluding tert-OH is 1. The molecule has 148 valence electrons. The zero-order valence-electron chi connectivity index (χ0n) is 15.5. The molecule has 2 atom stereocenters. The molecule has 0 radical (unpaired) electrons. The molecule has 0 aromatic heterocycles. The van der Waals surface area contributed by atoms with Crippen molar-refractivity contribution in [1.82, 2.24) is 4.90 Å². The van der Waals surface area contributed by atoms with Gasteiger partial charge in [0.15, 0.2) is 27.8 Å². The fourth-order valence-electron chi connectivity index (χ4n) is 3.25. The zero-order chi connectivity index (χ0) is 20.5. The summed E-state index contributed by atoms with van der Waals surface area (Å²) in [5.74, 6) is -2.61. The quantitative estimate of drug-likeness (QED) is 0.585. The number of allylic oxidation sites excluding steroid dienone is 4. The summed E-state index contributed by atoms with van der Waals surface area (Å²) in [6, 6.07) is 6.23. The van der Waals surface area contributed by atoms with Gasteiger partial charge < -0.3 is 14.7 Å². The molecule has 8 heteroatoms. The van der Waals surface area contributed by atoms with E-state index in [-0.39, 0.29) is 17.9 Å². The number of rotatable bonds is 5. The van der Waals surface area contributed by atoms with E-state index in [9.17, 15) is 23.1 Å². The van der Waals surface area contributed by atoms with Crippen molar-refractivity contribution >= 4 is 21.6 Å². The third kappa shape index (κ3) is 3.79. The molecule has 2 heterocycles. The van der Waals surface area contributed by atoms with Crippen LogP contribution in [0, 0.1) is 5.92 Å².